The van der Waals surface area contributed by atoms with E-state index in [2.05, 4.69) is 0 Å². The Kier molecular flexibility index (Phi) is 5.75. The summed E-state index contributed by atoms with van der Waals surface area (Å²) >= 11 is 1.47. The second kappa shape index (κ2) is 8.40. The largest absolute Gasteiger partial charge is 0.398 e. The highest BCUT2D eigenvalue weighted by Gasteiger charge is 2.16. The van der Waals surface area contributed by atoms with Crippen molar-refractivity contribution in [3.8, 4) is 0 Å². The van der Waals surface area contributed by atoms with E-state index >= 15 is 0 Å². The standard InChI is InChI=1S/C21H20N2OS/c22-19-13-7-8-14-20(19)25-16-21(24)23(18-11-5-2-6-12-18)15-17-9-3-1-4-10-17/h1-14H,15-16,22H2. The minimum Gasteiger partial charge on any atom is -0.398 e. The van der Waals surface area contributed by atoms with Crippen molar-refractivity contribution in [2.45, 2.75) is 11.4 Å². The van der Waals surface area contributed by atoms with Gasteiger partial charge < -0.3 is 10.6 Å². The zero-order chi connectivity index (χ0) is 17.5. The van der Waals surface area contributed by atoms with Gasteiger partial charge in [0.25, 0.3) is 0 Å². The van der Waals surface area contributed by atoms with Crippen LogP contribution in [0.2, 0.25) is 0 Å². The molecule has 3 aromatic carbocycles. The van der Waals surface area contributed by atoms with Crippen LogP contribution in [-0.4, -0.2) is 11.7 Å². The van der Waals surface area contributed by atoms with Crippen LogP contribution in [0.1, 0.15) is 5.56 Å². The van der Waals surface area contributed by atoms with Crippen LogP contribution >= 0.6 is 11.8 Å². The fourth-order valence-electron chi connectivity index (χ4n) is 2.53. The number of anilines is 2. The van der Waals surface area contributed by atoms with Crippen LogP contribution in [0.4, 0.5) is 11.4 Å². The SMILES string of the molecule is Nc1ccccc1SCC(=O)N(Cc1ccccc1)c1ccccc1. The first-order valence-corrected chi connectivity index (χ1v) is 9.09. The van der Waals surface area contributed by atoms with E-state index in [0.29, 0.717) is 18.0 Å². The number of rotatable bonds is 6. The molecule has 2 N–H and O–H groups in total. The summed E-state index contributed by atoms with van der Waals surface area (Å²) in [4.78, 5) is 15.7. The number of carbonyl (C=O) groups excluding carboxylic acids is 1. The zero-order valence-corrected chi connectivity index (χ0v) is 14.7. The van der Waals surface area contributed by atoms with Crippen molar-refractivity contribution in [2.75, 3.05) is 16.4 Å². The molecule has 0 aliphatic heterocycles. The van der Waals surface area contributed by atoms with Gasteiger partial charge in [-0.3, -0.25) is 4.79 Å². The first-order chi connectivity index (χ1) is 12.2. The molecule has 0 aliphatic rings. The molecule has 0 saturated heterocycles. The van der Waals surface area contributed by atoms with Gasteiger partial charge in [-0.25, -0.2) is 0 Å². The van der Waals surface area contributed by atoms with Crippen molar-refractivity contribution in [3.63, 3.8) is 0 Å². The van der Waals surface area contributed by atoms with Crippen LogP contribution in [0.25, 0.3) is 0 Å². The van der Waals surface area contributed by atoms with Gasteiger partial charge in [0.05, 0.1) is 12.3 Å². The third-order valence-electron chi connectivity index (χ3n) is 3.82. The second-order valence-electron chi connectivity index (χ2n) is 5.63. The molecule has 3 nitrogen and oxygen atoms in total. The third kappa shape index (κ3) is 4.64. The predicted octanol–water partition coefficient (Wildman–Crippen LogP) is 4.59. The van der Waals surface area contributed by atoms with Crippen molar-refractivity contribution in [3.05, 3.63) is 90.5 Å². The molecule has 25 heavy (non-hydrogen) atoms. The molecule has 3 rings (SSSR count). The molecule has 0 atom stereocenters. The van der Waals surface area contributed by atoms with Crippen molar-refractivity contribution < 1.29 is 4.79 Å². The minimum atomic E-state index is 0.0586. The Labute approximate surface area is 152 Å². The average molecular weight is 348 g/mol. The first-order valence-electron chi connectivity index (χ1n) is 8.10. The van der Waals surface area contributed by atoms with Crippen LogP contribution in [0.15, 0.2) is 89.8 Å². The molecule has 0 bridgehead atoms. The Morgan fingerprint density at radius 2 is 1.44 bits per heavy atom. The quantitative estimate of drug-likeness (QED) is 0.523. The van der Waals surface area contributed by atoms with Crippen LogP contribution in [0, 0.1) is 0 Å². The van der Waals surface area contributed by atoms with Gasteiger partial charge in [0.2, 0.25) is 5.91 Å². The van der Waals surface area contributed by atoms with Gasteiger partial charge in [0.15, 0.2) is 0 Å². The molecular weight excluding hydrogens is 328 g/mol. The third-order valence-corrected chi connectivity index (χ3v) is 4.90. The number of nitrogens with two attached hydrogens (primary N) is 1. The molecule has 0 fully saturated rings. The molecule has 4 heteroatoms. The number of hydrogen-bond acceptors (Lipinski definition) is 3. The lowest BCUT2D eigenvalue weighted by molar-refractivity contribution is -0.116. The lowest BCUT2D eigenvalue weighted by atomic mass is 10.2. The number of benzene rings is 3. The Morgan fingerprint density at radius 3 is 2.12 bits per heavy atom. The van der Waals surface area contributed by atoms with Gasteiger partial charge in [-0.1, -0.05) is 60.7 Å². The maximum absolute atomic E-state index is 12.9. The van der Waals surface area contributed by atoms with Gasteiger partial charge in [0.1, 0.15) is 0 Å². The van der Waals surface area contributed by atoms with Crippen molar-refractivity contribution in [1.29, 1.82) is 0 Å². The van der Waals surface area contributed by atoms with E-state index in [9.17, 15) is 4.79 Å². The monoisotopic (exact) mass is 348 g/mol. The number of para-hydroxylation sites is 2. The fraction of sp³-hybridized carbons (Fsp3) is 0.0952. The Bertz CT molecular complexity index is 822. The Balaban J connectivity index is 1.76. The molecule has 1 amide bonds. The van der Waals surface area contributed by atoms with Crippen LogP contribution in [0.5, 0.6) is 0 Å². The van der Waals surface area contributed by atoms with Crippen LogP contribution < -0.4 is 10.6 Å². The van der Waals surface area contributed by atoms with Gasteiger partial charge in [-0.15, -0.1) is 11.8 Å². The molecule has 3 aromatic rings. The minimum absolute atomic E-state index is 0.0586. The highest BCUT2D eigenvalue weighted by Crippen LogP contribution is 2.26. The molecule has 0 saturated carbocycles. The summed E-state index contributed by atoms with van der Waals surface area (Å²) in [6, 6.07) is 27.4. The second-order valence-corrected chi connectivity index (χ2v) is 6.64. The molecule has 0 spiro atoms. The first kappa shape index (κ1) is 17.1. The normalized spacial score (nSPS) is 10.4. The van der Waals surface area contributed by atoms with Crippen molar-refractivity contribution >= 4 is 29.0 Å². The molecule has 126 valence electrons. The predicted molar refractivity (Wildman–Crippen MR) is 106 cm³/mol. The summed E-state index contributed by atoms with van der Waals surface area (Å²) in [5, 5.41) is 0. The lowest BCUT2D eigenvalue weighted by Crippen LogP contribution is -2.31. The molecular formula is C21H20N2OS. The summed E-state index contributed by atoms with van der Waals surface area (Å²) < 4.78 is 0. The molecule has 0 unspecified atom stereocenters. The lowest BCUT2D eigenvalue weighted by Gasteiger charge is -2.23. The maximum Gasteiger partial charge on any atom is 0.237 e. The highest BCUT2D eigenvalue weighted by molar-refractivity contribution is 8.00. The number of nitrogens with zero attached hydrogens (tertiary/aromatic N) is 1. The molecule has 0 aliphatic carbocycles. The number of amides is 1. The zero-order valence-electron chi connectivity index (χ0n) is 13.8. The molecule has 0 radical (unpaired) electrons. The van der Waals surface area contributed by atoms with E-state index in [1.54, 1.807) is 0 Å². The van der Waals surface area contributed by atoms with E-state index in [0.717, 1.165) is 16.1 Å². The maximum atomic E-state index is 12.9. The van der Waals surface area contributed by atoms with Gasteiger partial charge >= 0.3 is 0 Å². The summed E-state index contributed by atoms with van der Waals surface area (Å²) in [7, 11) is 0. The summed E-state index contributed by atoms with van der Waals surface area (Å²) in [5.74, 6) is 0.402. The summed E-state index contributed by atoms with van der Waals surface area (Å²) in [5.41, 5.74) is 8.68. The topological polar surface area (TPSA) is 46.3 Å². The van der Waals surface area contributed by atoms with E-state index in [1.165, 1.54) is 11.8 Å². The van der Waals surface area contributed by atoms with Crippen molar-refractivity contribution in [2.24, 2.45) is 0 Å². The van der Waals surface area contributed by atoms with Crippen molar-refractivity contribution in [1.82, 2.24) is 0 Å². The van der Waals surface area contributed by atoms with E-state index in [4.69, 9.17) is 5.73 Å². The van der Waals surface area contributed by atoms with Gasteiger partial charge in [-0.05, 0) is 29.8 Å². The van der Waals surface area contributed by atoms with E-state index < -0.39 is 0 Å². The van der Waals surface area contributed by atoms with E-state index in [-0.39, 0.29) is 5.91 Å². The number of hydrogen-bond donors (Lipinski definition) is 1. The highest BCUT2D eigenvalue weighted by atomic mass is 32.2. The van der Waals surface area contributed by atoms with Crippen LogP contribution in [-0.2, 0) is 11.3 Å². The number of carbonyl (C=O) groups is 1. The molecule has 0 heterocycles. The van der Waals surface area contributed by atoms with E-state index in [1.807, 2.05) is 89.8 Å². The smallest absolute Gasteiger partial charge is 0.237 e. The number of thioether (sulfide) groups is 1. The van der Waals surface area contributed by atoms with Gasteiger partial charge in [-0.2, -0.15) is 0 Å². The Hall–Kier alpha value is -2.72. The molecule has 0 aromatic heterocycles. The Morgan fingerprint density at radius 1 is 0.840 bits per heavy atom. The fourth-order valence-corrected chi connectivity index (χ4v) is 3.37. The van der Waals surface area contributed by atoms with Gasteiger partial charge in [0, 0.05) is 16.3 Å². The summed E-state index contributed by atoms with van der Waals surface area (Å²) in [6.45, 7) is 0.550. The summed E-state index contributed by atoms with van der Waals surface area (Å²) in [6.07, 6.45) is 0. The number of nitrogen functional groups attached to an aromatic ring is 1. The van der Waals surface area contributed by atoms with Crippen LogP contribution in [0.3, 0.4) is 0 Å². The average Bonchev–Trinajstić information content (AvgIpc) is 2.67.